The molecule has 4 nitrogen and oxygen atoms in total. The van der Waals surface area contributed by atoms with Crippen molar-refractivity contribution in [3.63, 3.8) is 0 Å². The molecule has 0 spiro atoms. The van der Waals surface area contributed by atoms with Crippen molar-refractivity contribution in [3.05, 3.63) is 53.0 Å². The molecule has 0 amide bonds. The van der Waals surface area contributed by atoms with E-state index < -0.39 is 9.84 Å². The summed E-state index contributed by atoms with van der Waals surface area (Å²) in [7, 11) is -3.52. The molecule has 0 saturated heterocycles. The number of carbonyl (C=O) groups excluding carboxylic acids is 1. The molecule has 1 aromatic heterocycles. The monoisotopic (exact) mass is 296 g/mol. The summed E-state index contributed by atoms with van der Waals surface area (Å²) in [6.07, 6.45) is 1.31. The van der Waals surface area contributed by atoms with Crippen molar-refractivity contribution in [1.29, 1.82) is 0 Å². The van der Waals surface area contributed by atoms with Gasteiger partial charge in [-0.3, -0.25) is 4.79 Å². The third kappa shape index (κ3) is 3.14. The Bertz CT molecular complexity index is 742. The smallest absolute Gasteiger partial charge is 0.218 e. The number of furan rings is 1. The Morgan fingerprint density at radius 1 is 1.25 bits per heavy atom. The van der Waals surface area contributed by atoms with Crippen LogP contribution in [-0.2, 0) is 16.3 Å². The van der Waals surface area contributed by atoms with Crippen LogP contribution < -0.4 is 0 Å². The van der Waals surface area contributed by atoms with Crippen LogP contribution in [0.2, 0.25) is 0 Å². The lowest BCUT2D eigenvalue weighted by atomic mass is 10.0. The third-order valence-corrected chi connectivity index (χ3v) is 3.71. The van der Waals surface area contributed by atoms with Gasteiger partial charge in [0.2, 0.25) is 14.9 Å². The van der Waals surface area contributed by atoms with Gasteiger partial charge in [0.25, 0.3) is 0 Å². The normalized spacial score (nSPS) is 11.6. The molecule has 0 fully saturated rings. The lowest BCUT2D eigenvalue weighted by Gasteiger charge is -2.00. The zero-order valence-electron chi connectivity index (χ0n) is 11.0. The number of ketones is 1. The minimum Gasteiger partial charge on any atom is -0.441 e. The lowest BCUT2D eigenvalue weighted by molar-refractivity contribution is 0.0981. The van der Waals surface area contributed by atoms with Gasteiger partial charge in [0, 0.05) is 31.2 Å². The first-order valence-electron chi connectivity index (χ1n) is 5.85. The van der Waals surface area contributed by atoms with Crippen LogP contribution in [0.3, 0.4) is 0 Å². The largest absolute Gasteiger partial charge is 0.441 e. The number of benzene rings is 1. The summed E-state index contributed by atoms with van der Waals surface area (Å²) in [5.41, 5.74) is 1.24. The number of rotatable bonds is 4. The number of halogens is 1. The van der Waals surface area contributed by atoms with E-state index in [1.165, 1.54) is 25.1 Å². The van der Waals surface area contributed by atoms with E-state index in [2.05, 4.69) is 0 Å². The van der Waals surface area contributed by atoms with Crippen LogP contribution >= 0.6 is 0 Å². The third-order valence-electron chi connectivity index (χ3n) is 2.78. The molecule has 0 aliphatic heterocycles. The van der Waals surface area contributed by atoms with E-state index in [-0.39, 0.29) is 22.5 Å². The molecule has 0 aliphatic carbocycles. The summed E-state index contributed by atoms with van der Waals surface area (Å²) in [5, 5.41) is -0.236. The van der Waals surface area contributed by atoms with Gasteiger partial charge in [-0.2, -0.15) is 0 Å². The lowest BCUT2D eigenvalue weighted by Crippen LogP contribution is -1.96. The van der Waals surface area contributed by atoms with E-state index in [4.69, 9.17) is 4.42 Å². The Balaban J connectivity index is 2.42. The summed E-state index contributed by atoms with van der Waals surface area (Å²) in [4.78, 5) is 11.5. The van der Waals surface area contributed by atoms with Crippen molar-refractivity contribution in [3.8, 4) is 0 Å². The van der Waals surface area contributed by atoms with Crippen LogP contribution in [0, 0.1) is 5.82 Å². The van der Waals surface area contributed by atoms with Crippen LogP contribution in [-0.4, -0.2) is 20.5 Å². The molecule has 20 heavy (non-hydrogen) atoms. The summed E-state index contributed by atoms with van der Waals surface area (Å²) < 4.78 is 40.9. The van der Waals surface area contributed by atoms with Gasteiger partial charge in [0.15, 0.2) is 11.5 Å². The molecule has 2 rings (SSSR count). The molecule has 0 atom stereocenters. The molecule has 0 radical (unpaired) electrons. The van der Waals surface area contributed by atoms with Gasteiger partial charge in [-0.1, -0.05) is 12.1 Å². The first kappa shape index (κ1) is 14.5. The number of sulfone groups is 1. The Morgan fingerprint density at radius 2 is 1.85 bits per heavy atom. The maximum atomic E-state index is 12.8. The fraction of sp³-hybridized carbons (Fsp3) is 0.214. The summed E-state index contributed by atoms with van der Waals surface area (Å²) in [6.45, 7) is 1.30. The SMILES string of the molecule is CC(=O)c1oc(S(C)(=O)=O)cc1Cc1ccc(F)cc1. The first-order valence-corrected chi connectivity index (χ1v) is 7.74. The average Bonchev–Trinajstić information content (AvgIpc) is 2.76. The van der Waals surface area contributed by atoms with E-state index in [9.17, 15) is 17.6 Å². The highest BCUT2D eigenvalue weighted by Crippen LogP contribution is 2.23. The van der Waals surface area contributed by atoms with Crippen molar-refractivity contribution < 1.29 is 22.0 Å². The fourth-order valence-electron chi connectivity index (χ4n) is 1.84. The first-order chi connectivity index (χ1) is 9.27. The molecule has 2 aromatic rings. The minimum absolute atomic E-state index is 0.0229. The van der Waals surface area contributed by atoms with Gasteiger partial charge in [-0.15, -0.1) is 0 Å². The minimum atomic E-state index is -3.52. The molecule has 0 N–H and O–H groups in total. The molecule has 1 heterocycles. The Labute approximate surface area is 116 Å². The molecule has 1 aromatic carbocycles. The number of Topliss-reactive ketones (excluding diaryl/α,β-unsaturated/α-hetero) is 1. The van der Waals surface area contributed by atoms with Crippen molar-refractivity contribution >= 4 is 15.6 Å². The topological polar surface area (TPSA) is 64.3 Å². The van der Waals surface area contributed by atoms with Crippen molar-refractivity contribution in [2.45, 2.75) is 18.4 Å². The number of hydrogen-bond donors (Lipinski definition) is 0. The molecule has 106 valence electrons. The van der Waals surface area contributed by atoms with Crippen LogP contribution in [0.4, 0.5) is 4.39 Å². The standard InChI is InChI=1S/C14H13FO4S/c1-9(16)14-11(8-13(19-14)20(2,17)18)7-10-3-5-12(15)6-4-10/h3-6,8H,7H2,1-2H3. The van der Waals surface area contributed by atoms with Gasteiger partial charge in [-0.05, 0) is 17.7 Å². The number of hydrogen-bond acceptors (Lipinski definition) is 4. The molecule has 0 bridgehead atoms. The van der Waals surface area contributed by atoms with E-state index >= 15 is 0 Å². The van der Waals surface area contributed by atoms with Crippen molar-refractivity contribution in [2.75, 3.05) is 6.26 Å². The molecular formula is C14H13FO4S. The highest BCUT2D eigenvalue weighted by molar-refractivity contribution is 7.90. The van der Waals surface area contributed by atoms with Crippen molar-refractivity contribution in [1.82, 2.24) is 0 Å². The van der Waals surface area contributed by atoms with Crippen LogP contribution in [0.5, 0.6) is 0 Å². The second-order valence-electron chi connectivity index (χ2n) is 4.55. The van der Waals surface area contributed by atoms with Gasteiger partial charge in [0.1, 0.15) is 5.82 Å². The van der Waals surface area contributed by atoms with Gasteiger partial charge in [-0.25, -0.2) is 12.8 Å². The Morgan fingerprint density at radius 3 is 2.35 bits per heavy atom. The van der Waals surface area contributed by atoms with Crippen LogP contribution in [0.15, 0.2) is 39.8 Å². The second kappa shape index (κ2) is 5.20. The molecule has 6 heteroatoms. The zero-order chi connectivity index (χ0) is 14.9. The fourth-order valence-corrected chi connectivity index (χ4v) is 2.43. The van der Waals surface area contributed by atoms with Gasteiger partial charge < -0.3 is 4.42 Å². The highest BCUT2D eigenvalue weighted by Gasteiger charge is 2.20. The maximum Gasteiger partial charge on any atom is 0.218 e. The highest BCUT2D eigenvalue weighted by atomic mass is 32.2. The van der Waals surface area contributed by atoms with E-state index in [1.54, 1.807) is 12.1 Å². The summed E-state index contributed by atoms with van der Waals surface area (Å²) in [6, 6.07) is 7.11. The molecule has 0 aliphatic rings. The summed E-state index contributed by atoms with van der Waals surface area (Å²) >= 11 is 0. The number of carbonyl (C=O) groups is 1. The van der Waals surface area contributed by atoms with Gasteiger partial charge in [0.05, 0.1) is 0 Å². The zero-order valence-corrected chi connectivity index (χ0v) is 11.8. The average molecular weight is 296 g/mol. The Kier molecular flexibility index (Phi) is 3.76. The molecule has 0 saturated carbocycles. The maximum absolute atomic E-state index is 12.8. The predicted octanol–water partition coefficient (Wildman–Crippen LogP) is 2.62. The van der Waals surface area contributed by atoms with E-state index in [0.29, 0.717) is 12.0 Å². The Hall–Kier alpha value is -1.95. The molecule has 0 unspecified atom stereocenters. The van der Waals surface area contributed by atoms with Crippen molar-refractivity contribution in [2.24, 2.45) is 0 Å². The van der Waals surface area contributed by atoms with E-state index in [1.807, 2.05) is 0 Å². The predicted molar refractivity (Wildman–Crippen MR) is 71.0 cm³/mol. The van der Waals surface area contributed by atoms with Crippen LogP contribution in [0.25, 0.3) is 0 Å². The molecular weight excluding hydrogens is 283 g/mol. The van der Waals surface area contributed by atoms with E-state index in [0.717, 1.165) is 11.8 Å². The quantitative estimate of drug-likeness (QED) is 0.814. The van der Waals surface area contributed by atoms with Crippen LogP contribution in [0.1, 0.15) is 28.6 Å². The van der Waals surface area contributed by atoms with Gasteiger partial charge >= 0.3 is 0 Å². The second-order valence-corrected chi connectivity index (χ2v) is 6.50. The summed E-state index contributed by atoms with van der Waals surface area (Å²) in [5.74, 6) is -0.684.